The Labute approximate surface area is 165 Å². The van der Waals surface area contributed by atoms with Gasteiger partial charge in [-0.3, -0.25) is 15.0 Å². The zero-order valence-electron chi connectivity index (χ0n) is 16.4. The minimum atomic E-state index is 0.814. The van der Waals surface area contributed by atoms with E-state index in [-0.39, 0.29) is 0 Å². The second-order valence-electron chi connectivity index (χ2n) is 7.17. The van der Waals surface area contributed by atoms with Crippen LogP contribution < -0.4 is 4.74 Å². The smallest absolute Gasteiger partial charge is 0.119 e. The van der Waals surface area contributed by atoms with E-state index in [4.69, 9.17) is 4.74 Å². The van der Waals surface area contributed by atoms with Gasteiger partial charge in [0.05, 0.1) is 19.0 Å². The molecule has 0 aliphatic heterocycles. The number of aryl methyl sites for hydroxylation is 1. The highest BCUT2D eigenvalue weighted by Gasteiger charge is 2.12. The molecule has 0 saturated heterocycles. The maximum Gasteiger partial charge on any atom is 0.119 e. The lowest BCUT2D eigenvalue weighted by atomic mass is 10.0. The van der Waals surface area contributed by atoms with Gasteiger partial charge in [-0.05, 0) is 60.1 Å². The van der Waals surface area contributed by atoms with Crippen molar-refractivity contribution in [3.05, 3.63) is 77.7 Å². The topological polar surface area (TPSA) is 54.0 Å². The largest absolute Gasteiger partial charge is 0.497 e. The van der Waals surface area contributed by atoms with Crippen LogP contribution in [0.2, 0.25) is 0 Å². The lowest BCUT2D eigenvalue weighted by Gasteiger charge is -2.18. The van der Waals surface area contributed by atoms with Crippen LogP contribution in [-0.4, -0.2) is 34.2 Å². The van der Waals surface area contributed by atoms with Gasteiger partial charge in [0.15, 0.2) is 0 Å². The van der Waals surface area contributed by atoms with Crippen LogP contribution >= 0.6 is 0 Å². The van der Waals surface area contributed by atoms with E-state index in [1.165, 1.54) is 22.1 Å². The summed E-state index contributed by atoms with van der Waals surface area (Å²) in [7, 11) is 3.82. The number of nitrogens with zero attached hydrogens (tertiary/aromatic N) is 3. The predicted molar refractivity (Wildman–Crippen MR) is 112 cm³/mol. The quantitative estimate of drug-likeness (QED) is 0.538. The van der Waals surface area contributed by atoms with Gasteiger partial charge >= 0.3 is 0 Å². The standard InChI is InChI=1S/C23H24N4O/c1-16-12-24-9-8-20(16)14-27(2)15-21-13-25-26-23(21)19-5-4-18-11-22(28-3)7-6-17(18)10-19/h4-13H,14-15H2,1-3H3,(H,25,26). The average molecular weight is 372 g/mol. The summed E-state index contributed by atoms with van der Waals surface area (Å²) in [6.45, 7) is 3.79. The maximum absolute atomic E-state index is 5.32. The van der Waals surface area contributed by atoms with Gasteiger partial charge in [-0.1, -0.05) is 18.2 Å². The fraction of sp³-hybridized carbons (Fsp3) is 0.217. The number of methoxy groups -OCH3 is 1. The van der Waals surface area contributed by atoms with Crippen LogP contribution in [0.15, 0.2) is 61.1 Å². The summed E-state index contributed by atoms with van der Waals surface area (Å²) in [5.41, 5.74) is 5.89. The van der Waals surface area contributed by atoms with Gasteiger partial charge in [0.1, 0.15) is 5.75 Å². The third-order valence-corrected chi connectivity index (χ3v) is 5.07. The molecule has 2 aromatic heterocycles. The highest BCUT2D eigenvalue weighted by atomic mass is 16.5. The molecule has 28 heavy (non-hydrogen) atoms. The highest BCUT2D eigenvalue weighted by molar-refractivity contribution is 5.88. The number of benzene rings is 2. The first-order valence-corrected chi connectivity index (χ1v) is 9.32. The Morgan fingerprint density at radius 2 is 1.75 bits per heavy atom. The Hall–Kier alpha value is -3.18. The average Bonchev–Trinajstić information content (AvgIpc) is 3.17. The number of aromatic nitrogens is 3. The second-order valence-corrected chi connectivity index (χ2v) is 7.17. The lowest BCUT2D eigenvalue weighted by Crippen LogP contribution is -2.18. The van der Waals surface area contributed by atoms with Crippen LogP contribution in [0.4, 0.5) is 0 Å². The third kappa shape index (κ3) is 3.75. The van der Waals surface area contributed by atoms with Crippen molar-refractivity contribution in [3.63, 3.8) is 0 Å². The van der Waals surface area contributed by atoms with Crippen molar-refractivity contribution in [2.75, 3.05) is 14.2 Å². The highest BCUT2D eigenvalue weighted by Crippen LogP contribution is 2.28. The summed E-state index contributed by atoms with van der Waals surface area (Å²) in [4.78, 5) is 6.47. The molecular weight excluding hydrogens is 348 g/mol. The monoisotopic (exact) mass is 372 g/mol. The summed E-state index contributed by atoms with van der Waals surface area (Å²) in [6.07, 6.45) is 5.68. The molecular formula is C23H24N4O. The third-order valence-electron chi connectivity index (χ3n) is 5.07. The maximum atomic E-state index is 5.32. The molecule has 142 valence electrons. The SMILES string of the molecule is COc1ccc2cc(-c3[nH]ncc3CN(C)Cc3ccncc3C)ccc2c1. The van der Waals surface area contributed by atoms with Gasteiger partial charge < -0.3 is 4.74 Å². The molecule has 0 unspecified atom stereocenters. The molecule has 0 spiro atoms. The molecule has 2 heterocycles. The fourth-order valence-electron chi connectivity index (χ4n) is 3.50. The number of hydrogen-bond donors (Lipinski definition) is 1. The molecule has 0 atom stereocenters. The summed E-state index contributed by atoms with van der Waals surface area (Å²) in [6, 6.07) is 14.7. The van der Waals surface area contributed by atoms with E-state index in [0.717, 1.165) is 35.5 Å². The van der Waals surface area contributed by atoms with Gasteiger partial charge in [-0.15, -0.1) is 0 Å². The Kier molecular flexibility index (Phi) is 5.08. The lowest BCUT2D eigenvalue weighted by molar-refractivity contribution is 0.319. The molecule has 0 bridgehead atoms. The molecule has 5 heteroatoms. The molecule has 2 aromatic carbocycles. The Balaban J connectivity index is 1.57. The minimum Gasteiger partial charge on any atom is -0.497 e. The Bertz CT molecular complexity index is 1100. The van der Waals surface area contributed by atoms with E-state index in [1.54, 1.807) is 7.11 Å². The zero-order chi connectivity index (χ0) is 19.5. The van der Waals surface area contributed by atoms with Crippen LogP contribution in [-0.2, 0) is 13.1 Å². The van der Waals surface area contributed by atoms with Crippen LogP contribution in [0.3, 0.4) is 0 Å². The number of nitrogens with one attached hydrogen (secondary N) is 1. The molecule has 0 saturated carbocycles. The Morgan fingerprint density at radius 1 is 0.964 bits per heavy atom. The number of aromatic amines is 1. The number of ether oxygens (including phenoxy) is 1. The minimum absolute atomic E-state index is 0.814. The van der Waals surface area contributed by atoms with Crippen LogP contribution in [0.1, 0.15) is 16.7 Å². The molecule has 0 radical (unpaired) electrons. The number of H-pyrrole nitrogens is 1. The van der Waals surface area contributed by atoms with Crippen molar-refractivity contribution in [2.45, 2.75) is 20.0 Å². The first-order chi connectivity index (χ1) is 13.6. The normalized spacial score (nSPS) is 11.3. The number of hydrogen-bond acceptors (Lipinski definition) is 4. The molecule has 4 rings (SSSR count). The summed E-state index contributed by atoms with van der Waals surface area (Å²) >= 11 is 0. The Morgan fingerprint density at radius 3 is 2.57 bits per heavy atom. The van der Waals surface area contributed by atoms with E-state index in [2.05, 4.69) is 70.5 Å². The molecule has 0 aliphatic carbocycles. The van der Waals surface area contributed by atoms with Crippen LogP contribution in [0.5, 0.6) is 5.75 Å². The first-order valence-electron chi connectivity index (χ1n) is 9.32. The fourth-order valence-corrected chi connectivity index (χ4v) is 3.50. The summed E-state index contributed by atoms with van der Waals surface area (Å²) < 4.78 is 5.32. The predicted octanol–water partition coefficient (Wildman–Crippen LogP) is 4.57. The van der Waals surface area contributed by atoms with Gasteiger partial charge in [0, 0.05) is 36.6 Å². The van der Waals surface area contributed by atoms with Crippen molar-refractivity contribution in [1.82, 2.24) is 20.1 Å². The zero-order valence-corrected chi connectivity index (χ0v) is 16.4. The van der Waals surface area contributed by atoms with Crippen LogP contribution in [0, 0.1) is 6.92 Å². The molecule has 4 aromatic rings. The van der Waals surface area contributed by atoms with E-state index in [0.29, 0.717) is 0 Å². The van der Waals surface area contributed by atoms with Gasteiger partial charge in [-0.2, -0.15) is 5.10 Å². The van der Waals surface area contributed by atoms with E-state index in [1.807, 2.05) is 24.7 Å². The summed E-state index contributed by atoms with van der Waals surface area (Å²) in [5.74, 6) is 0.871. The molecule has 5 nitrogen and oxygen atoms in total. The molecule has 0 aliphatic rings. The van der Waals surface area contributed by atoms with Crippen molar-refractivity contribution >= 4 is 10.8 Å². The van der Waals surface area contributed by atoms with Crippen molar-refractivity contribution in [2.24, 2.45) is 0 Å². The van der Waals surface area contributed by atoms with Crippen molar-refractivity contribution in [3.8, 4) is 17.0 Å². The number of pyridine rings is 1. The molecule has 0 fully saturated rings. The summed E-state index contributed by atoms with van der Waals surface area (Å²) in [5, 5.41) is 9.82. The molecule has 0 amide bonds. The van der Waals surface area contributed by atoms with Gasteiger partial charge in [0.2, 0.25) is 0 Å². The molecule has 1 N–H and O–H groups in total. The van der Waals surface area contributed by atoms with Gasteiger partial charge in [0.25, 0.3) is 0 Å². The number of fused-ring (bicyclic) bond motifs is 1. The number of rotatable bonds is 6. The van der Waals surface area contributed by atoms with Crippen LogP contribution in [0.25, 0.3) is 22.0 Å². The van der Waals surface area contributed by atoms with Crippen molar-refractivity contribution in [1.29, 1.82) is 0 Å². The van der Waals surface area contributed by atoms with Gasteiger partial charge in [-0.25, -0.2) is 0 Å². The first kappa shape index (κ1) is 18.2. The second kappa shape index (κ2) is 7.82. The van der Waals surface area contributed by atoms with E-state index >= 15 is 0 Å². The van der Waals surface area contributed by atoms with Crippen molar-refractivity contribution < 1.29 is 4.74 Å². The van der Waals surface area contributed by atoms with E-state index in [9.17, 15) is 0 Å². The van der Waals surface area contributed by atoms with E-state index < -0.39 is 0 Å².